The van der Waals surface area contributed by atoms with E-state index in [0.29, 0.717) is 12.0 Å². The van der Waals surface area contributed by atoms with Crippen LogP contribution in [0.1, 0.15) is 43.0 Å². The third kappa shape index (κ3) is 3.25. The summed E-state index contributed by atoms with van der Waals surface area (Å²) >= 11 is 0. The zero-order valence-electron chi connectivity index (χ0n) is 11.7. The standard InChI is InChI=1S/C16H21N3O/c1-2-6-13(7-3-1)14-8-4-5-9-15(14)17-11-10-16-18-12-20-19-16/h1-3,6-7,12,14-15,17H,4-5,8-11H2. The molecule has 20 heavy (non-hydrogen) atoms. The molecule has 1 aromatic carbocycles. The number of hydrogen-bond acceptors (Lipinski definition) is 4. The highest BCUT2D eigenvalue weighted by atomic mass is 16.5. The molecule has 2 atom stereocenters. The minimum atomic E-state index is 0.568. The molecule has 1 heterocycles. The van der Waals surface area contributed by atoms with Gasteiger partial charge in [0, 0.05) is 19.0 Å². The third-order valence-electron chi connectivity index (χ3n) is 4.16. The Morgan fingerprint density at radius 3 is 2.80 bits per heavy atom. The fourth-order valence-electron chi connectivity index (χ4n) is 3.15. The number of hydrogen-bond donors (Lipinski definition) is 1. The maximum Gasteiger partial charge on any atom is 0.213 e. The third-order valence-corrected chi connectivity index (χ3v) is 4.16. The molecule has 1 saturated carbocycles. The lowest BCUT2D eigenvalue weighted by Gasteiger charge is -2.32. The predicted molar refractivity (Wildman–Crippen MR) is 77.4 cm³/mol. The van der Waals surface area contributed by atoms with Crippen LogP contribution in [0.25, 0.3) is 0 Å². The van der Waals surface area contributed by atoms with Crippen molar-refractivity contribution in [1.29, 1.82) is 0 Å². The van der Waals surface area contributed by atoms with E-state index in [4.69, 9.17) is 4.52 Å². The summed E-state index contributed by atoms with van der Waals surface area (Å²) in [5, 5.41) is 7.54. The lowest BCUT2D eigenvalue weighted by atomic mass is 9.80. The molecule has 1 aliphatic carbocycles. The Kier molecular flexibility index (Phi) is 4.43. The van der Waals surface area contributed by atoms with Crippen molar-refractivity contribution in [3.05, 3.63) is 48.1 Å². The first-order valence-electron chi connectivity index (χ1n) is 7.47. The number of nitrogens with one attached hydrogen (secondary N) is 1. The van der Waals surface area contributed by atoms with E-state index in [1.807, 2.05) is 0 Å². The second-order valence-corrected chi connectivity index (χ2v) is 5.46. The zero-order valence-corrected chi connectivity index (χ0v) is 11.7. The quantitative estimate of drug-likeness (QED) is 0.908. The van der Waals surface area contributed by atoms with Crippen molar-refractivity contribution in [1.82, 2.24) is 15.5 Å². The number of rotatable bonds is 5. The van der Waals surface area contributed by atoms with Crippen LogP contribution in [0, 0.1) is 0 Å². The van der Waals surface area contributed by atoms with E-state index >= 15 is 0 Å². The van der Waals surface area contributed by atoms with Gasteiger partial charge in [0.05, 0.1) is 0 Å². The average molecular weight is 271 g/mol. The highest BCUT2D eigenvalue weighted by molar-refractivity contribution is 5.22. The van der Waals surface area contributed by atoms with Crippen LogP contribution in [-0.4, -0.2) is 22.7 Å². The molecule has 1 aromatic heterocycles. The maximum absolute atomic E-state index is 4.76. The number of nitrogens with zero attached hydrogens (tertiary/aromatic N) is 2. The van der Waals surface area contributed by atoms with Crippen LogP contribution in [0.3, 0.4) is 0 Å². The summed E-state index contributed by atoms with van der Waals surface area (Å²) in [5.41, 5.74) is 1.46. The summed E-state index contributed by atoms with van der Waals surface area (Å²) in [6, 6.07) is 11.4. The van der Waals surface area contributed by atoms with Gasteiger partial charge in [-0.15, -0.1) is 0 Å². The smallest absolute Gasteiger partial charge is 0.213 e. The van der Waals surface area contributed by atoms with Gasteiger partial charge in [0.2, 0.25) is 6.39 Å². The van der Waals surface area contributed by atoms with Gasteiger partial charge in [-0.3, -0.25) is 0 Å². The molecular weight excluding hydrogens is 250 g/mol. The van der Waals surface area contributed by atoms with Crippen molar-refractivity contribution in [2.45, 2.75) is 44.1 Å². The zero-order chi connectivity index (χ0) is 13.6. The largest absolute Gasteiger partial charge is 0.343 e. The van der Waals surface area contributed by atoms with E-state index < -0.39 is 0 Å². The highest BCUT2D eigenvalue weighted by Gasteiger charge is 2.25. The minimum absolute atomic E-state index is 0.568. The van der Waals surface area contributed by atoms with Gasteiger partial charge >= 0.3 is 0 Å². The van der Waals surface area contributed by atoms with Crippen LogP contribution in [-0.2, 0) is 6.42 Å². The topological polar surface area (TPSA) is 51.0 Å². The van der Waals surface area contributed by atoms with Crippen LogP contribution in [0.15, 0.2) is 41.2 Å². The second-order valence-electron chi connectivity index (χ2n) is 5.46. The maximum atomic E-state index is 4.76. The summed E-state index contributed by atoms with van der Waals surface area (Å²) in [5.74, 6) is 1.42. The van der Waals surface area contributed by atoms with E-state index in [0.717, 1.165) is 18.8 Å². The highest BCUT2D eigenvalue weighted by Crippen LogP contribution is 2.32. The molecule has 106 valence electrons. The van der Waals surface area contributed by atoms with E-state index in [-0.39, 0.29) is 0 Å². The Labute approximate surface area is 119 Å². The van der Waals surface area contributed by atoms with Crippen molar-refractivity contribution in [2.75, 3.05) is 6.54 Å². The molecule has 1 aliphatic rings. The summed E-state index contributed by atoms with van der Waals surface area (Å²) < 4.78 is 4.76. The van der Waals surface area contributed by atoms with Crippen molar-refractivity contribution >= 4 is 0 Å². The van der Waals surface area contributed by atoms with E-state index in [9.17, 15) is 0 Å². The molecule has 1 fully saturated rings. The first-order chi connectivity index (χ1) is 9.93. The Balaban J connectivity index is 1.58. The van der Waals surface area contributed by atoms with Gasteiger partial charge < -0.3 is 9.84 Å². The Bertz CT molecular complexity index is 498. The summed E-state index contributed by atoms with van der Waals surface area (Å²) in [6.07, 6.45) is 7.42. The Morgan fingerprint density at radius 2 is 2.00 bits per heavy atom. The summed E-state index contributed by atoms with van der Waals surface area (Å²) in [6.45, 7) is 0.910. The predicted octanol–water partition coefficient (Wildman–Crippen LogP) is 2.93. The summed E-state index contributed by atoms with van der Waals surface area (Å²) in [4.78, 5) is 4.06. The van der Waals surface area contributed by atoms with Gasteiger partial charge in [-0.1, -0.05) is 48.3 Å². The minimum Gasteiger partial charge on any atom is -0.343 e. The lowest BCUT2D eigenvalue weighted by molar-refractivity contribution is 0.327. The van der Waals surface area contributed by atoms with Crippen molar-refractivity contribution in [2.24, 2.45) is 0 Å². The van der Waals surface area contributed by atoms with Crippen LogP contribution >= 0.6 is 0 Å². The van der Waals surface area contributed by atoms with Crippen molar-refractivity contribution in [3.8, 4) is 0 Å². The van der Waals surface area contributed by atoms with Gasteiger partial charge in [-0.2, -0.15) is 4.98 Å². The normalized spacial score (nSPS) is 22.8. The molecule has 0 bridgehead atoms. The van der Waals surface area contributed by atoms with Gasteiger partial charge in [0.1, 0.15) is 0 Å². The molecule has 0 radical (unpaired) electrons. The SMILES string of the molecule is c1ccc(C2CCCCC2NCCc2ncon2)cc1. The Morgan fingerprint density at radius 1 is 1.15 bits per heavy atom. The molecule has 2 aromatic rings. The molecule has 0 amide bonds. The van der Waals surface area contributed by atoms with Crippen LogP contribution in [0.5, 0.6) is 0 Å². The summed E-state index contributed by atoms with van der Waals surface area (Å²) in [7, 11) is 0. The molecular formula is C16H21N3O. The lowest BCUT2D eigenvalue weighted by Crippen LogP contribution is -2.38. The van der Waals surface area contributed by atoms with Crippen molar-refractivity contribution < 1.29 is 4.52 Å². The van der Waals surface area contributed by atoms with E-state index in [2.05, 4.69) is 45.8 Å². The van der Waals surface area contributed by atoms with Crippen LogP contribution in [0.4, 0.5) is 0 Å². The first-order valence-corrected chi connectivity index (χ1v) is 7.47. The van der Waals surface area contributed by atoms with Gasteiger partial charge in [0.15, 0.2) is 5.82 Å². The van der Waals surface area contributed by atoms with E-state index in [1.54, 1.807) is 0 Å². The number of benzene rings is 1. The first kappa shape index (κ1) is 13.3. The van der Waals surface area contributed by atoms with Crippen LogP contribution < -0.4 is 5.32 Å². The Hall–Kier alpha value is -1.68. The average Bonchev–Trinajstić information content (AvgIpc) is 3.02. The molecule has 4 nitrogen and oxygen atoms in total. The molecule has 0 saturated heterocycles. The molecule has 1 N–H and O–H groups in total. The fourth-order valence-corrected chi connectivity index (χ4v) is 3.15. The molecule has 3 rings (SSSR count). The molecule has 4 heteroatoms. The van der Waals surface area contributed by atoms with Gasteiger partial charge in [0.25, 0.3) is 0 Å². The van der Waals surface area contributed by atoms with Crippen LogP contribution in [0.2, 0.25) is 0 Å². The van der Waals surface area contributed by atoms with Gasteiger partial charge in [-0.25, -0.2) is 0 Å². The fraction of sp³-hybridized carbons (Fsp3) is 0.500. The molecule has 0 aliphatic heterocycles. The number of aromatic nitrogens is 2. The van der Waals surface area contributed by atoms with Gasteiger partial charge in [-0.05, 0) is 24.3 Å². The second kappa shape index (κ2) is 6.66. The monoisotopic (exact) mass is 271 g/mol. The molecule has 0 spiro atoms. The van der Waals surface area contributed by atoms with E-state index in [1.165, 1.54) is 37.6 Å². The molecule has 2 unspecified atom stereocenters. The van der Waals surface area contributed by atoms with Crippen molar-refractivity contribution in [3.63, 3.8) is 0 Å².